The molecular weight excluding hydrogens is 571 g/mol. The van der Waals surface area contributed by atoms with E-state index in [4.69, 9.17) is 20.9 Å². The normalized spacial score (nSPS) is 13.3. The highest BCUT2D eigenvalue weighted by Gasteiger charge is 2.38. The summed E-state index contributed by atoms with van der Waals surface area (Å²) in [6.07, 6.45) is -2.89. The van der Waals surface area contributed by atoms with E-state index in [9.17, 15) is 23.1 Å². The van der Waals surface area contributed by atoms with Gasteiger partial charge < -0.3 is 19.3 Å². The molecule has 0 bridgehead atoms. The van der Waals surface area contributed by atoms with Gasteiger partial charge in [-0.25, -0.2) is 9.78 Å². The van der Waals surface area contributed by atoms with Crippen molar-refractivity contribution >= 4 is 23.3 Å². The van der Waals surface area contributed by atoms with E-state index in [-0.39, 0.29) is 36.2 Å². The molecule has 42 heavy (non-hydrogen) atoms. The van der Waals surface area contributed by atoms with E-state index < -0.39 is 17.8 Å². The summed E-state index contributed by atoms with van der Waals surface area (Å²) < 4.78 is 54.1. The van der Waals surface area contributed by atoms with Crippen LogP contribution in [0.4, 0.5) is 18.9 Å². The van der Waals surface area contributed by atoms with Gasteiger partial charge in [0.2, 0.25) is 5.88 Å². The SMILES string of the molecule is Cc1cc(CN(C)c2ccc(OCc3c(-c4c(C)cccc4Cl)noc3C3CC3)nc2C(F)(F)F)cc(C)c1C(=O)O. The summed E-state index contributed by atoms with van der Waals surface area (Å²) in [6.45, 7) is 5.24. The predicted octanol–water partition coefficient (Wildman–Crippen LogP) is 8.13. The van der Waals surface area contributed by atoms with Crippen LogP contribution in [0.25, 0.3) is 11.3 Å². The van der Waals surface area contributed by atoms with Crippen LogP contribution in [-0.2, 0) is 19.3 Å². The van der Waals surface area contributed by atoms with Crippen LogP contribution in [0.5, 0.6) is 5.88 Å². The van der Waals surface area contributed by atoms with Crippen molar-refractivity contribution in [2.45, 2.75) is 58.9 Å². The van der Waals surface area contributed by atoms with Gasteiger partial charge in [0.25, 0.3) is 0 Å². The molecule has 220 valence electrons. The number of ether oxygens (including phenoxy) is 1. The number of rotatable bonds is 9. The van der Waals surface area contributed by atoms with Gasteiger partial charge in [-0.05, 0) is 68.0 Å². The molecule has 1 aliphatic carbocycles. The molecule has 7 nitrogen and oxygen atoms in total. The molecule has 2 heterocycles. The van der Waals surface area contributed by atoms with Crippen LogP contribution in [0.15, 0.2) is 47.0 Å². The summed E-state index contributed by atoms with van der Waals surface area (Å²) >= 11 is 6.48. The van der Waals surface area contributed by atoms with Crippen LogP contribution in [-0.4, -0.2) is 28.3 Å². The first-order chi connectivity index (χ1) is 19.8. The number of benzene rings is 2. The molecular formula is C31H29ClF3N3O4. The third-order valence-electron chi connectivity index (χ3n) is 7.34. The molecule has 1 aliphatic rings. The fraction of sp³-hybridized carbons (Fsp3) is 0.323. The zero-order valence-electron chi connectivity index (χ0n) is 23.5. The number of anilines is 1. The Balaban J connectivity index is 1.42. The lowest BCUT2D eigenvalue weighted by molar-refractivity contribution is -0.140. The second-order valence-corrected chi connectivity index (χ2v) is 11.1. The number of carboxylic acid groups (broad SMARTS) is 1. The number of alkyl halides is 3. The third-order valence-corrected chi connectivity index (χ3v) is 7.66. The van der Waals surface area contributed by atoms with Crippen LogP contribution in [0.2, 0.25) is 5.02 Å². The number of aromatic carboxylic acids is 1. The number of aryl methyl sites for hydroxylation is 3. The van der Waals surface area contributed by atoms with Crippen LogP contribution in [0, 0.1) is 20.8 Å². The molecule has 1 fully saturated rings. The Hall–Kier alpha value is -4.05. The van der Waals surface area contributed by atoms with Crippen molar-refractivity contribution in [2.75, 3.05) is 11.9 Å². The number of pyridine rings is 1. The Morgan fingerprint density at radius 3 is 2.40 bits per heavy atom. The maximum absolute atomic E-state index is 14.2. The van der Waals surface area contributed by atoms with E-state index in [2.05, 4.69) is 10.1 Å². The van der Waals surface area contributed by atoms with Crippen molar-refractivity contribution < 1.29 is 32.3 Å². The van der Waals surface area contributed by atoms with Gasteiger partial charge >= 0.3 is 12.1 Å². The van der Waals surface area contributed by atoms with Gasteiger partial charge in [0.1, 0.15) is 18.1 Å². The van der Waals surface area contributed by atoms with Crippen LogP contribution in [0.3, 0.4) is 0 Å². The Morgan fingerprint density at radius 2 is 1.81 bits per heavy atom. The van der Waals surface area contributed by atoms with Gasteiger partial charge in [0, 0.05) is 31.1 Å². The number of aromatic nitrogens is 2. The summed E-state index contributed by atoms with van der Waals surface area (Å²) in [5.74, 6) is -0.411. The molecule has 11 heteroatoms. The van der Waals surface area contributed by atoms with Gasteiger partial charge in [0.15, 0.2) is 5.69 Å². The van der Waals surface area contributed by atoms with Crippen LogP contribution in [0.1, 0.15) is 68.4 Å². The molecule has 4 aromatic rings. The fourth-order valence-electron chi connectivity index (χ4n) is 5.27. The molecule has 5 rings (SSSR count). The lowest BCUT2D eigenvalue weighted by Crippen LogP contribution is -2.22. The van der Waals surface area contributed by atoms with Crippen LogP contribution >= 0.6 is 11.6 Å². The van der Waals surface area contributed by atoms with Crippen molar-refractivity contribution in [2.24, 2.45) is 0 Å². The fourth-order valence-corrected chi connectivity index (χ4v) is 5.59. The summed E-state index contributed by atoms with van der Waals surface area (Å²) in [5, 5.41) is 14.2. The lowest BCUT2D eigenvalue weighted by atomic mass is 9.99. The number of nitrogens with zero attached hydrogens (tertiary/aromatic N) is 3. The number of halogens is 4. The maximum Gasteiger partial charge on any atom is 0.435 e. The van der Waals surface area contributed by atoms with E-state index in [1.165, 1.54) is 24.1 Å². The molecule has 1 N–H and O–H groups in total. The number of carbonyl (C=O) groups is 1. The Bertz CT molecular complexity index is 1620. The highest BCUT2D eigenvalue weighted by molar-refractivity contribution is 6.33. The zero-order chi connectivity index (χ0) is 30.3. The zero-order valence-corrected chi connectivity index (χ0v) is 24.2. The standard InChI is InChI=1S/C31H29ClF3N3O4/c1-16-6-5-7-22(32)26(16)27-21(28(42-37-27)20-8-9-20)15-41-24-11-10-23(29(36-24)31(33,34)35)38(4)14-19-12-17(2)25(30(39)40)18(3)13-19/h5-7,10-13,20H,8-9,14-15H2,1-4H3,(H,39,40). The Kier molecular flexibility index (Phi) is 7.94. The lowest BCUT2D eigenvalue weighted by Gasteiger charge is -2.24. The molecule has 0 saturated heterocycles. The molecule has 2 aromatic heterocycles. The van der Waals surface area contributed by atoms with Crippen molar-refractivity contribution in [3.05, 3.63) is 92.3 Å². The molecule has 2 aromatic carbocycles. The highest BCUT2D eigenvalue weighted by Crippen LogP contribution is 2.45. The third kappa shape index (κ3) is 5.94. The van der Waals surface area contributed by atoms with E-state index in [0.717, 1.165) is 18.4 Å². The summed E-state index contributed by atoms with van der Waals surface area (Å²) in [5.41, 5.74) is 3.43. The first-order valence-electron chi connectivity index (χ1n) is 13.3. The first kappa shape index (κ1) is 29.4. The minimum absolute atomic E-state index is 0.0940. The van der Waals surface area contributed by atoms with Crippen molar-refractivity contribution in [1.82, 2.24) is 10.1 Å². The summed E-state index contributed by atoms with van der Waals surface area (Å²) in [4.78, 5) is 16.8. The van der Waals surface area contributed by atoms with Crippen molar-refractivity contribution in [3.63, 3.8) is 0 Å². The van der Waals surface area contributed by atoms with Gasteiger partial charge in [-0.2, -0.15) is 13.2 Å². The maximum atomic E-state index is 14.2. The molecule has 0 spiro atoms. The Morgan fingerprint density at radius 1 is 1.12 bits per heavy atom. The van der Waals surface area contributed by atoms with E-state index in [0.29, 0.717) is 44.3 Å². The molecule has 0 aliphatic heterocycles. The summed E-state index contributed by atoms with van der Waals surface area (Å²) in [6, 6.07) is 11.5. The van der Waals surface area contributed by atoms with E-state index in [1.54, 1.807) is 32.0 Å². The topological polar surface area (TPSA) is 88.7 Å². The molecule has 0 amide bonds. The van der Waals surface area contributed by atoms with Crippen LogP contribution < -0.4 is 9.64 Å². The second kappa shape index (κ2) is 11.3. The van der Waals surface area contributed by atoms with Gasteiger partial charge in [-0.1, -0.05) is 41.0 Å². The molecule has 0 radical (unpaired) electrons. The monoisotopic (exact) mass is 599 g/mol. The summed E-state index contributed by atoms with van der Waals surface area (Å²) in [7, 11) is 1.53. The largest absolute Gasteiger partial charge is 0.478 e. The number of hydrogen-bond acceptors (Lipinski definition) is 6. The molecule has 0 unspecified atom stereocenters. The number of hydrogen-bond donors (Lipinski definition) is 1. The average Bonchev–Trinajstić information content (AvgIpc) is 3.66. The number of carboxylic acids is 1. The van der Waals surface area contributed by atoms with Gasteiger partial charge in [-0.15, -0.1) is 0 Å². The van der Waals surface area contributed by atoms with Gasteiger partial charge in [0.05, 0.1) is 21.8 Å². The first-order valence-corrected chi connectivity index (χ1v) is 13.7. The van der Waals surface area contributed by atoms with Gasteiger partial charge in [-0.3, -0.25) is 0 Å². The molecule has 0 atom stereocenters. The Labute approximate surface area is 245 Å². The highest BCUT2D eigenvalue weighted by atomic mass is 35.5. The van der Waals surface area contributed by atoms with Crippen molar-refractivity contribution in [3.8, 4) is 17.1 Å². The smallest absolute Gasteiger partial charge is 0.435 e. The minimum atomic E-state index is -4.75. The van der Waals surface area contributed by atoms with E-state index >= 15 is 0 Å². The average molecular weight is 600 g/mol. The molecule has 1 saturated carbocycles. The van der Waals surface area contributed by atoms with Crippen molar-refractivity contribution in [1.29, 1.82) is 0 Å². The second-order valence-electron chi connectivity index (χ2n) is 10.6. The minimum Gasteiger partial charge on any atom is -0.478 e. The quantitative estimate of drug-likeness (QED) is 0.208. The van der Waals surface area contributed by atoms with E-state index in [1.807, 2.05) is 19.1 Å². The predicted molar refractivity (Wildman–Crippen MR) is 152 cm³/mol.